The Bertz CT molecular complexity index is 1760. The van der Waals surface area contributed by atoms with Crippen LogP contribution in [0.25, 0.3) is 0 Å². The van der Waals surface area contributed by atoms with E-state index in [2.05, 4.69) is 26.9 Å². The fourth-order valence-corrected chi connectivity index (χ4v) is 7.62. The lowest BCUT2D eigenvalue weighted by molar-refractivity contribution is -0.213. The van der Waals surface area contributed by atoms with Crippen LogP contribution < -0.4 is 21.7 Å². The minimum absolute atomic E-state index is 0.00497. The van der Waals surface area contributed by atoms with Crippen molar-refractivity contribution in [3.8, 4) is 12.3 Å². The Morgan fingerprint density at radius 1 is 1.21 bits per heavy atom. The van der Waals surface area contributed by atoms with E-state index in [-0.39, 0.29) is 72.5 Å². The van der Waals surface area contributed by atoms with Gasteiger partial charge in [-0.25, -0.2) is 14.4 Å². The average molecular weight is 829 g/mol. The summed E-state index contributed by atoms with van der Waals surface area (Å²) >= 11 is 1.08. The molecule has 1 aromatic heterocycles. The molecule has 1 saturated heterocycles. The number of ether oxygens (including phenoxy) is 1. The molecule has 2 aromatic rings. The minimum Gasteiger partial charge on any atom is -0.481 e. The number of nitrogen functional groups attached to an aromatic ring is 1. The molecule has 0 aliphatic carbocycles. The van der Waals surface area contributed by atoms with Crippen LogP contribution in [0.1, 0.15) is 127 Å². The van der Waals surface area contributed by atoms with Gasteiger partial charge in [-0.15, -0.1) is 23.7 Å². The van der Waals surface area contributed by atoms with Crippen LogP contribution >= 0.6 is 11.3 Å². The number of aliphatic carboxylic acids is 1. The van der Waals surface area contributed by atoms with E-state index in [9.17, 15) is 33.5 Å². The molecule has 16 heteroatoms. The molecular formula is C42H61FN6O8S. The highest BCUT2D eigenvalue weighted by Gasteiger charge is 2.39. The molecular weight excluding hydrogens is 768 g/mol. The number of hydrogen-bond donors (Lipinski definition) is 5. The highest BCUT2D eigenvalue weighted by atomic mass is 32.1. The number of anilines is 1. The van der Waals surface area contributed by atoms with Crippen molar-refractivity contribution in [2.75, 3.05) is 18.9 Å². The lowest BCUT2D eigenvalue weighted by Gasteiger charge is -2.38. The molecule has 6 N–H and O–H groups in total. The number of benzene rings is 1. The predicted octanol–water partition coefficient (Wildman–Crippen LogP) is 5.57. The first-order chi connectivity index (χ1) is 27.4. The summed E-state index contributed by atoms with van der Waals surface area (Å²) < 4.78 is 20.1. The Morgan fingerprint density at radius 3 is 2.52 bits per heavy atom. The Kier molecular flexibility index (Phi) is 18.6. The van der Waals surface area contributed by atoms with Crippen molar-refractivity contribution < 1.29 is 43.0 Å². The first-order valence-corrected chi connectivity index (χ1v) is 20.9. The number of terminal acetylenes is 1. The number of thiazole rings is 1. The molecule has 14 nitrogen and oxygen atoms in total. The van der Waals surface area contributed by atoms with Crippen LogP contribution in [-0.2, 0) is 35.2 Å². The molecule has 6 atom stereocenters. The van der Waals surface area contributed by atoms with Crippen molar-refractivity contribution in [3.05, 3.63) is 45.7 Å². The van der Waals surface area contributed by atoms with Crippen molar-refractivity contribution in [2.45, 2.75) is 137 Å². The van der Waals surface area contributed by atoms with E-state index in [1.165, 1.54) is 43.3 Å². The fourth-order valence-electron chi connectivity index (χ4n) is 6.78. The van der Waals surface area contributed by atoms with E-state index < -0.39 is 59.2 Å². The highest BCUT2D eigenvalue weighted by molar-refractivity contribution is 7.09. The van der Waals surface area contributed by atoms with Gasteiger partial charge in [0.1, 0.15) is 22.6 Å². The van der Waals surface area contributed by atoms with E-state index in [0.29, 0.717) is 24.8 Å². The number of halogens is 1. The van der Waals surface area contributed by atoms with Gasteiger partial charge in [-0.3, -0.25) is 28.8 Å². The van der Waals surface area contributed by atoms with Crippen molar-refractivity contribution in [1.29, 1.82) is 0 Å². The number of carboxylic acids is 1. The van der Waals surface area contributed by atoms with Gasteiger partial charge in [0.25, 0.3) is 11.8 Å². The number of carboxylic acid groups (broad SMARTS) is 1. The van der Waals surface area contributed by atoms with Crippen LogP contribution in [0.3, 0.4) is 0 Å². The second-order valence-corrected chi connectivity index (χ2v) is 17.0. The van der Waals surface area contributed by atoms with Gasteiger partial charge in [0, 0.05) is 43.6 Å². The Hall–Kier alpha value is -4.59. The molecule has 3 amide bonds. The maximum atomic E-state index is 14.6. The third-order valence-electron chi connectivity index (χ3n) is 10.4. The number of carbonyl (C=O) groups is 5. The molecule has 1 fully saturated rings. The zero-order valence-corrected chi connectivity index (χ0v) is 35.6. The number of nitrogens with two attached hydrogens (primary N) is 1. The van der Waals surface area contributed by atoms with Crippen LogP contribution in [0.2, 0.25) is 0 Å². The first kappa shape index (κ1) is 47.8. The Labute approximate surface area is 345 Å². The minimum atomic E-state index is -1.24. The van der Waals surface area contributed by atoms with Crippen LogP contribution in [0.15, 0.2) is 23.6 Å². The van der Waals surface area contributed by atoms with Crippen LogP contribution in [0.4, 0.5) is 10.1 Å². The van der Waals surface area contributed by atoms with Gasteiger partial charge in [-0.2, -0.15) is 0 Å². The van der Waals surface area contributed by atoms with E-state index in [0.717, 1.165) is 30.7 Å². The zero-order valence-electron chi connectivity index (χ0n) is 34.8. The van der Waals surface area contributed by atoms with E-state index in [1.54, 1.807) is 6.07 Å². The van der Waals surface area contributed by atoms with Crippen molar-refractivity contribution >= 4 is 46.7 Å². The number of nitrogens with zero attached hydrogens (tertiary/aromatic N) is 2. The first-order valence-electron chi connectivity index (χ1n) is 20.0. The molecule has 3 rings (SSSR count). The summed E-state index contributed by atoms with van der Waals surface area (Å²) in [6.07, 6.45) is 8.23. The van der Waals surface area contributed by atoms with Gasteiger partial charge in [0.05, 0.1) is 23.8 Å². The number of hydroxylamine groups is 2. The number of aromatic nitrogens is 1. The summed E-state index contributed by atoms with van der Waals surface area (Å²) in [5.41, 5.74) is 4.88. The van der Waals surface area contributed by atoms with Crippen LogP contribution in [-0.4, -0.2) is 82.1 Å². The summed E-state index contributed by atoms with van der Waals surface area (Å²) in [5, 5.41) is 22.1. The van der Waals surface area contributed by atoms with Crippen molar-refractivity contribution in [2.24, 2.45) is 17.3 Å². The molecule has 0 bridgehead atoms. The average Bonchev–Trinajstić information content (AvgIpc) is 3.86. The third kappa shape index (κ3) is 14.4. The van der Waals surface area contributed by atoms with Crippen LogP contribution in [0.5, 0.6) is 0 Å². The molecule has 58 heavy (non-hydrogen) atoms. The van der Waals surface area contributed by atoms with Crippen molar-refractivity contribution in [1.82, 2.24) is 26.0 Å². The van der Waals surface area contributed by atoms with Crippen molar-refractivity contribution in [3.63, 3.8) is 0 Å². The lowest BCUT2D eigenvalue weighted by Crippen LogP contribution is -2.56. The highest BCUT2D eigenvalue weighted by Crippen LogP contribution is 2.32. The molecule has 0 saturated carbocycles. The number of unbranched alkanes of at least 4 members (excludes halogenated alkanes) is 1. The van der Waals surface area contributed by atoms with Gasteiger partial charge in [-0.1, -0.05) is 40.2 Å². The maximum Gasteiger partial charge on any atom is 0.309 e. The molecule has 0 radical (unpaired) electrons. The zero-order chi connectivity index (χ0) is 43.2. The molecule has 1 aliphatic heterocycles. The molecule has 1 aliphatic rings. The molecule has 0 unspecified atom stereocenters. The summed E-state index contributed by atoms with van der Waals surface area (Å²) in [6.45, 7) is 12.9. The number of amides is 3. The molecule has 0 spiro atoms. The standard InChI is InChI=1S/C42H61FN6O8S/c1-9-11-12-18-56-49(40(53)37(26(5)10-2)48-36(51)21-29-14-13-17-45-29)34(25(3)4)22-35(57-27(6)50)39-47-33(24-58-39)38(52)46-30(23-42(7,8)41(54)55)19-28-15-16-32(44)31(43)20-28/h1,15-16,20,24-26,29-30,34-35,37,45H,10-14,17-19,21-23,44H2,2-8H3,(H,46,52)(H,48,51)(H,54,55)/t26-,29-,30-,34+,35+,37-/m0/s1. The predicted molar refractivity (Wildman–Crippen MR) is 220 cm³/mol. The summed E-state index contributed by atoms with van der Waals surface area (Å²) in [6, 6.07) is 1.98. The van der Waals surface area contributed by atoms with Crippen LogP contribution in [0, 0.1) is 35.4 Å². The van der Waals surface area contributed by atoms with E-state index in [4.69, 9.17) is 21.7 Å². The largest absolute Gasteiger partial charge is 0.481 e. The monoisotopic (exact) mass is 828 g/mol. The number of carbonyl (C=O) groups excluding carboxylic acids is 4. The lowest BCUT2D eigenvalue weighted by atomic mass is 9.84. The second kappa shape index (κ2) is 22.5. The SMILES string of the molecule is C#CCCCON(C(=O)[C@@H](NC(=O)C[C@@H]1CCCN1)[C@@H](C)CC)[C@H](C[C@@H](OC(C)=O)c1nc(C(=O)N[C@@H](Cc2ccc(N)c(F)c2)CC(C)(C)C(=O)O)cs1)C(C)C. The fraction of sp³-hybridized carbons (Fsp3) is 0.619. The molecule has 1 aromatic carbocycles. The van der Waals surface area contributed by atoms with Gasteiger partial charge >= 0.3 is 11.9 Å². The number of nitrogens with one attached hydrogen (secondary N) is 3. The third-order valence-corrected chi connectivity index (χ3v) is 11.3. The summed E-state index contributed by atoms with van der Waals surface area (Å²) in [4.78, 5) is 76.8. The van der Waals surface area contributed by atoms with E-state index >= 15 is 0 Å². The molecule has 2 heterocycles. The Balaban J connectivity index is 1.93. The maximum absolute atomic E-state index is 14.6. The quantitative estimate of drug-likeness (QED) is 0.0308. The topological polar surface area (TPSA) is 202 Å². The normalized spacial score (nSPS) is 16.7. The number of esters is 1. The van der Waals surface area contributed by atoms with Gasteiger partial charge < -0.3 is 31.5 Å². The van der Waals surface area contributed by atoms with E-state index in [1.807, 2.05) is 27.7 Å². The smallest absolute Gasteiger partial charge is 0.309 e. The van der Waals surface area contributed by atoms with Gasteiger partial charge in [0.2, 0.25) is 5.91 Å². The van der Waals surface area contributed by atoms with Gasteiger partial charge in [0.15, 0.2) is 6.10 Å². The Morgan fingerprint density at radius 2 is 1.93 bits per heavy atom. The number of rotatable bonds is 23. The second-order valence-electron chi connectivity index (χ2n) is 16.1. The summed E-state index contributed by atoms with van der Waals surface area (Å²) in [5.74, 6) is -1.52. The number of hydrogen-bond acceptors (Lipinski definition) is 11. The molecule has 320 valence electrons. The van der Waals surface area contributed by atoms with Gasteiger partial charge in [-0.05, 0) is 82.0 Å². The summed E-state index contributed by atoms with van der Waals surface area (Å²) in [7, 11) is 0.